The van der Waals surface area contributed by atoms with Gasteiger partial charge in [-0.15, -0.1) is 11.8 Å². The van der Waals surface area contributed by atoms with Gasteiger partial charge in [0.15, 0.2) is 11.5 Å². The van der Waals surface area contributed by atoms with Crippen molar-refractivity contribution in [2.45, 2.75) is 127 Å². The van der Waals surface area contributed by atoms with Gasteiger partial charge in [0.2, 0.25) is 11.7 Å². The third-order valence-electron chi connectivity index (χ3n) is 7.76. The number of ether oxygens (including phenoxy) is 3. The molecule has 3 atom stereocenters. The van der Waals surface area contributed by atoms with Crippen molar-refractivity contribution in [2.24, 2.45) is 5.73 Å². The second kappa shape index (κ2) is 19.5. The van der Waals surface area contributed by atoms with E-state index in [0.29, 0.717) is 23.2 Å². The Kier molecular flexibility index (Phi) is 16.7. The molecule has 1 amide bonds. The first-order valence-electron chi connectivity index (χ1n) is 15.0. The Balaban J connectivity index is 1.80. The Bertz CT molecular complexity index is 766. The first kappa shape index (κ1) is 32.6. The van der Waals surface area contributed by atoms with Crippen LogP contribution in [0.15, 0.2) is 12.1 Å². The SMILES string of the molecule is CCCCCCCCCCCCCCCCC(CC1NC(C(N)=O)CS1)c1cc(OC)c(OC)c(OC)c1. The van der Waals surface area contributed by atoms with E-state index in [-0.39, 0.29) is 17.3 Å². The number of hydrogen-bond donors (Lipinski definition) is 2. The average Bonchev–Trinajstić information content (AvgIpc) is 3.40. The molecule has 38 heavy (non-hydrogen) atoms. The van der Waals surface area contributed by atoms with Crippen LogP contribution in [-0.2, 0) is 4.79 Å². The van der Waals surface area contributed by atoms with Crippen molar-refractivity contribution in [3.8, 4) is 17.2 Å². The Labute approximate surface area is 236 Å². The predicted molar refractivity (Wildman–Crippen MR) is 161 cm³/mol. The van der Waals surface area contributed by atoms with Crippen molar-refractivity contribution in [3.05, 3.63) is 17.7 Å². The average molecular weight is 551 g/mol. The van der Waals surface area contributed by atoms with Crippen LogP contribution < -0.4 is 25.3 Å². The topological polar surface area (TPSA) is 82.8 Å². The molecule has 0 saturated carbocycles. The maximum atomic E-state index is 11.7. The molecule has 3 unspecified atom stereocenters. The molecule has 0 spiro atoms. The van der Waals surface area contributed by atoms with Crippen LogP contribution in [0.3, 0.4) is 0 Å². The molecule has 0 bridgehead atoms. The van der Waals surface area contributed by atoms with E-state index in [9.17, 15) is 4.79 Å². The lowest BCUT2D eigenvalue weighted by Crippen LogP contribution is -2.41. The highest BCUT2D eigenvalue weighted by molar-refractivity contribution is 8.00. The lowest BCUT2D eigenvalue weighted by Gasteiger charge is -2.23. The van der Waals surface area contributed by atoms with E-state index in [2.05, 4.69) is 24.4 Å². The van der Waals surface area contributed by atoms with Crippen molar-refractivity contribution < 1.29 is 19.0 Å². The zero-order valence-corrected chi connectivity index (χ0v) is 25.3. The molecule has 0 aliphatic carbocycles. The van der Waals surface area contributed by atoms with Crippen LogP contribution >= 0.6 is 11.8 Å². The molecule has 1 heterocycles. The van der Waals surface area contributed by atoms with Gasteiger partial charge in [0, 0.05) is 5.75 Å². The van der Waals surface area contributed by atoms with Crippen molar-refractivity contribution in [1.29, 1.82) is 0 Å². The van der Waals surface area contributed by atoms with E-state index in [1.54, 1.807) is 33.1 Å². The summed E-state index contributed by atoms with van der Waals surface area (Å²) in [6, 6.07) is 3.92. The summed E-state index contributed by atoms with van der Waals surface area (Å²) < 4.78 is 16.8. The van der Waals surface area contributed by atoms with Gasteiger partial charge < -0.3 is 19.9 Å². The number of primary amides is 1. The number of nitrogens with one attached hydrogen (secondary N) is 1. The quantitative estimate of drug-likeness (QED) is 0.145. The van der Waals surface area contributed by atoms with Crippen LogP contribution in [0.5, 0.6) is 17.2 Å². The van der Waals surface area contributed by atoms with Gasteiger partial charge in [-0.1, -0.05) is 96.8 Å². The summed E-state index contributed by atoms with van der Waals surface area (Å²) in [6.45, 7) is 2.28. The molecular formula is C31H54N2O4S. The van der Waals surface area contributed by atoms with Crippen LogP contribution in [0.2, 0.25) is 0 Å². The Morgan fingerprint density at radius 1 is 0.868 bits per heavy atom. The highest BCUT2D eigenvalue weighted by Gasteiger charge is 2.30. The van der Waals surface area contributed by atoms with Gasteiger partial charge in [0.05, 0.1) is 32.7 Å². The maximum absolute atomic E-state index is 11.7. The number of amides is 1. The fourth-order valence-corrected chi connectivity index (χ4v) is 6.75. The lowest BCUT2D eigenvalue weighted by atomic mass is 9.89. The number of thioether (sulfide) groups is 1. The van der Waals surface area contributed by atoms with Gasteiger partial charge in [-0.05, 0) is 36.5 Å². The normalized spacial score (nSPS) is 17.9. The number of carbonyl (C=O) groups is 1. The minimum atomic E-state index is -0.267. The van der Waals surface area contributed by atoms with Gasteiger partial charge in [0.1, 0.15) is 0 Å². The second-order valence-corrected chi connectivity index (χ2v) is 12.0. The number of methoxy groups -OCH3 is 3. The van der Waals surface area contributed by atoms with E-state index in [1.165, 1.54) is 95.5 Å². The molecule has 1 saturated heterocycles. The smallest absolute Gasteiger partial charge is 0.235 e. The highest BCUT2D eigenvalue weighted by Crippen LogP contribution is 2.43. The van der Waals surface area contributed by atoms with E-state index < -0.39 is 0 Å². The number of benzene rings is 1. The molecule has 1 aliphatic rings. The minimum Gasteiger partial charge on any atom is -0.493 e. The summed E-state index contributed by atoms with van der Waals surface area (Å²) >= 11 is 1.79. The summed E-state index contributed by atoms with van der Waals surface area (Å²) in [5, 5.41) is 3.63. The highest BCUT2D eigenvalue weighted by atomic mass is 32.2. The fraction of sp³-hybridized carbons (Fsp3) is 0.774. The molecule has 1 aliphatic heterocycles. The van der Waals surface area contributed by atoms with E-state index >= 15 is 0 Å². The largest absolute Gasteiger partial charge is 0.493 e. The van der Waals surface area contributed by atoms with Gasteiger partial charge in [-0.2, -0.15) is 0 Å². The first-order valence-corrected chi connectivity index (χ1v) is 16.1. The Morgan fingerprint density at radius 2 is 1.37 bits per heavy atom. The number of nitrogens with two attached hydrogens (primary N) is 1. The molecule has 7 heteroatoms. The molecule has 3 N–H and O–H groups in total. The molecule has 0 aromatic heterocycles. The van der Waals surface area contributed by atoms with Gasteiger partial charge >= 0.3 is 0 Å². The van der Waals surface area contributed by atoms with E-state index in [0.717, 1.165) is 18.6 Å². The van der Waals surface area contributed by atoms with Gasteiger partial charge in [-0.3, -0.25) is 10.1 Å². The van der Waals surface area contributed by atoms with E-state index in [4.69, 9.17) is 19.9 Å². The van der Waals surface area contributed by atoms with Crippen LogP contribution in [0.25, 0.3) is 0 Å². The maximum Gasteiger partial charge on any atom is 0.235 e. The van der Waals surface area contributed by atoms with Crippen molar-refractivity contribution in [3.63, 3.8) is 0 Å². The predicted octanol–water partition coefficient (Wildman–Crippen LogP) is 7.57. The number of carbonyl (C=O) groups excluding carboxylic acids is 1. The van der Waals surface area contributed by atoms with Gasteiger partial charge in [-0.25, -0.2) is 0 Å². The van der Waals surface area contributed by atoms with Crippen molar-refractivity contribution in [1.82, 2.24) is 5.32 Å². The van der Waals surface area contributed by atoms with Crippen LogP contribution in [0.1, 0.15) is 121 Å². The second-order valence-electron chi connectivity index (χ2n) is 10.7. The van der Waals surface area contributed by atoms with Crippen LogP contribution in [0.4, 0.5) is 0 Å². The molecule has 1 aromatic rings. The van der Waals surface area contributed by atoms with E-state index in [1.807, 2.05) is 0 Å². The summed E-state index contributed by atoms with van der Waals surface area (Å²) in [4.78, 5) is 11.7. The summed E-state index contributed by atoms with van der Waals surface area (Å²) in [6.07, 6.45) is 21.1. The van der Waals surface area contributed by atoms with Gasteiger partial charge in [0.25, 0.3) is 0 Å². The third kappa shape index (κ3) is 11.6. The van der Waals surface area contributed by atoms with Crippen molar-refractivity contribution >= 4 is 17.7 Å². The number of rotatable bonds is 22. The molecule has 2 rings (SSSR count). The summed E-state index contributed by atoms with van der Waals surface area (Å²) in [7, 11) is 4.96. The Morgan fingerprint density at radius 3 is 1.79 bits per heavy atom. The summed E-state index contributed by atoms with van der Waals surface area (Å²) in [5.41, 5.74) is 6.74. The number of unbranched alkanes of at least 4 members (excludes halogenated alkanes) is 13. The van der Waals surface area contributed by atoms with Crippen LogP contribution in [-0.4, -0.2) is 44.4 Å². The van der Waals surface area contributed by atoms with Crippen LogP contribution in [0, 0.1) is 0 Å². The number of hydrogen-bond acceptors (Lipinski definition) is 6. The van der Waals surface area contributed by atoms with Crippen molar-refractivity contribution in [2.75, 3.05) is 27.1 Å². The molecule has 1 aromatic carbocycles. The zero-order chi connectivity index (χ0) is 27.6. The monoisotopic (exact) mass is 550 g/mol. The zero-order valence-electron chi connectivity index (χ0n) is 24.5. The molecular weight excluding hydrogens is 496 g/mol. The standard InChI is InChI=1S/C31H54N2O4S/c1-5-6-7-8-9-10-11-12-13-14-15-16-17-18-19-24(22-29-33-26(23-38-29)31(32)34)25-20-27(35-2)30(37-4)28(21-25)36-3/h20-21,24,26,29,33H,5-19,22-23H2,1-4H3,(H2,32,34). The molecule has 218 valence electrons. The molecule has 0 radical (unpaired) electrons. The minimum absolute atomic E-state index is 0.211. The first-order chi connectivity index (χ1) is 18.5. The molecule has 6 nitrogen and oxygen atoms in total. The third-order valence-corrected chi connectivity index (χ3v) is 9.01. The Hall–Kier alpha value is -1.60. The summed E-state index contributed by atoms with van der Waals surface area (Å²) in [5.74, 6) is 2.80. The fourth-order valence-electron chi connectivity index (χ4n) is 5.43. The molecule has 1 fully saturated rings. The lowest BCUT2D eigenvalue weighted by molar-refractivity contribution is -0.119.